The topological polar surface area (TPSA) is 78.9 Å². The van der Waals surface area contributed by atoms with Gasteiger partial charge in [-0.25, -0.2) is 0 Å². The first-order valence-corrected chi connectivity index (χ1v) is 25.1. The molecule has 0 aromatic carbocycles. The number of carbonyl (C=O) groups is 3. The highest BCUT2D eigenvalue weighted by Gasteiger charge is 2.19. The highest BCUT2D eigenvalue weighted by atomic mass is 16.6. The van der Waals surface area contributed by atoms with Crippen molar-refractivity contribution in [2.24, 2.45) is 0 Å². The van der Waals surface area contributed by atoms with Crippen molar-refractivity contribution >= 4 is 17.9 Å². The van der Waals surface area contributed by atoms with Crippen molar-refractivity contribution in [2.75, 3.05) is 13.2 Å². The largest absolute Gasteiger partial charge is 0.462 e. The molecule has 0 rings (SSSR count). The van der Waals surface area contributed by atoms with E-state index in [9.17, 15) is 14.4 Å². The van der Waals surface area contributed by atoms with E-state index in [-0.39, 0.29) is 37.5 Å². The Morgan fingerprint density at radius 3 is 1.08 bits per heavy atom. The Kier molecular flexibility index (Phi) is 46.5. The molecule has 0 aromatic heterocycles. The molecule has 0 aliphatic carbocycles. The van der Waals surface area contributed by atoms with Crippen molar-refractivity contribution in [2.45, 2.75) is 232 Å². The average molecular weight is 849 g/mol. The van der Waals surface area contributed by atoms with E-state index in [0.717, 1.165) is 89.9 Å². The van der Waals surface area contributed by atoms with E-state index >= 15 is 0 Å². The van der Waals surface area contributed by atoms with Crippen molar-refractivity contribution in [3.63, 3.8) is 0 Å². The maximum absolute atomic E-state index is 12.7. The lowest BCUT2D eigenvalue weighted by Crippen LogP contribution is -2.30. The quantitative estimate of drug-likeness (QED) is 0.0263. The molecule has 348 valence electrons. The van der Waals surface area contributed by atoms with E-state index in [0.29, 0.717) is 19.3 Å². The van der Waals surface area contributed by atoms with Crippen LogP contribution in [0, 0.1) is 0 Å². The Balaban J connectivity index is 4.48. The van der Waals surface area contributed by atoms with Gasteiger partial charge in [-0.3, -0.25) is 14.4 Å². The maximum Gasteiger partial charge on any atom is 0.306 e. The molecule has 0 bridgehead atoms. The van der Waals surface area contributed by atoms with Gasteiger partial charge in [0.15, 0.2) is 6.10 Å². The first-order chi connectivity index (χ1) is 30.0. The van der Waals surface area contributed by atoms with Crippen LogP contribution in [0.5, 0.6) is 0 Å². The zero-order valence-electron chi connectivity index (χ0n) is 39.7. The monoisotopic (exact) mass is 849 g/mol. The van der Waals surface area contributed by atoms with Gasteiger partial charge in [-0.05, 0) is 83.5 Å². The minimum Gasteiger partial charge on any atom is -0.462 e. The number of unbranched alkanes of at least 4 members (excludes halogenated alkanes) is 19. The molecule has 0 aromatic rings. The standard InChI is InChI=1S/C55H92O6/c1-4-7-10-13-16-19-22-24-25-26-27-28-29-31-33-36-39-42-45-48-54(57)60-51-52(50-59-53(56)47-44-41-38-35-32-21-18-15-12-9-6-3)61-55(58)49-46-43-40-37-34-30-23-20-17-14-11-8-5-2/h7,10,16,19,24-25,27-28,30-31,33-34,40,43,52H,4-6,8-9,11-15,17-18,20-23,26,29,32,35-39,41-42,44-51H2,1-3H3/b10-7-,19-16-,25-24-,28-27-,33-31-,34-30-,43-40-. The summed E-state index contributed by atoms with van der Waals surface area (Å²) in [4.78, 5) is 37.8. The fourth-order valence-electron chi connectivity index (χ4n) is 6.64. The van der Waals surface area contributed by atoms with Crippen LogP contribution < -0.4 is 0 Å². The number of allylic oxidation sites excluding steroid dienone is 14. The van der Waals surface area contributed by atoms with E-state index in [4.69, 9.17) is 14.2 Å². The first kappa shape index (κ1) is 57.6. The molecule has 0 fully saturated rings. The van der Waals surface area contributed by atoms with Gasteiger partial charge < -0.3 is 14.2 Å². The molecule has 0 N–H and O–H groups in total. The number of esters is 3. The molecule has 0 saturated heterocycles. The lowest BCUT2D eigenvalue weighted by molar-refractivity contribution is -0.166. The van der Waals surface area contributed by atoms with Gasteiger partial charge in [0, 0.05) is 19.3 Å². The van der Waals surface area contributed by atoms with Gasteiger partial charge in [0.05, 0.1) is 0 Å². The van der Waals surface area contributed by atoms with Gasteiger partial charge in [0.25, 0.3) is 0 Å². The van der Waals surface area contributed by atoms with Gasteiger partial charge in [0.1, 0.15) is 13.2 Å². The van der Waals surface area contributed by atoms with Gasteiger partial charge in [-0.1, -0.05) is 209 Å². The molecule has 0 amide bonds. The van der Waals surface area contributed by atoms with Crippen LogP contribution in [0.3, 0.4) is 0 Å². The third-order valence-corrected chi connectivity index (χ3v) is 10.4. The number of hydrogen-bond acceptors (Lipinski definition) is 6. The Hall–Kier alpha value is -3.41. The zero-order valence-corrected chi connectivity index (χ0v) is 39.7. The summed E-state index contributed by atoms with van der Waals surface area (Å²) in [7, 11) is 0. The number of carbonyl (C=O) groups excluding carboxylic acids is 3. The summed E-state index contributed by atoms with van der Waals surface area (Å²) in [6.45, 7) is 6.42. The summed E-state index contributed by atoms with van der Waals surface area (Å²) >= 11 is 0. The number of ether oxygens (including phenoxy) is 3. The Bertz CT molecular complexity index is 1200. The highest BCUT2D eigenvalue weighted by Crippen LogP contribution is 2.13. The number of rotatable bonds is 44. The van der Waals surface area contributed by atoms with Crippen LogP contribution in [-0.2, 0) is 28.6 Å². The van der Waals surface area contributed by atoms with Crippen molar-refractivity contribution < 1.29 is 28.6 Å². The molecule has 1 unspecified atom stereocenters. The minimum atomic E-state index is -0.818. The zero-order chi connectivity index (χ0) is 44.4. The molecule has 0 spiro atoms. The lowest BCUT2D eigenvalue weighted by Gasteiger charge is -2.18. The molecule has 0 saturated carbocycles. The second-order valence-corrected chi connectivity index (χ2v) is 16.3. The van der Waals surface area contributed by atoms with Crippen LogP contribution in [0.2, 0.25) is 0 Å². The van der Waals surface area contributed by atoms with E-state index in [1.165, 1.54) is 89.9 Å². The summed E-state index contributed by atoms with van der Waals surface area (Å²) < 4.78 is 16.7. The highest BCUT2D eigenvalue weighted by molar-refractivity contribution is 5.71. The predicted molar refractivity (Wildman–Crippen MR) is 261 cm³/mol. The smallest absolute Gasteiger partial charge is 0.306 e. The first-order valence-electron chi connectivity index (χ1n) is 25.1. The third kappa shape index (κ3) is 47.5. The van der Waals surface area contributed by atoms with E-state index < -0.39 is 6.10 Å². The van der Waals surface area contributed by atoms with E-state index in [2.05, 4.69) is 99.8 Å². The van der Waals surface area contributed by atoms with Gasteiger partial charge >= 0.3 is 17.9 Å². The van der Waals surface area contributed by atoms with Crippen LogP contribution in [-0.4, -0.2) is 37.2 Å². The van der Waals surface area contributed by atoms with Crippen molar-refractivity contribution in [3.8, 4) is 0 Å². The summed E-state index contributed by atoms with van der Waals surface area (Å²) in [5.41, 5.74) is 0. The molecule has 6 heteroatoms. The van der Waals surface area contributed by atoms with Crippen LogP contribution in [0.1, 0.15) is 226 Å². The molecule has 0 aliphatic heterocycles. The van der Waals surface area contributed by atoms with E-state index in [1.807, 2.05) is 6.08 Å². The van der Waals surface area contributed by atoms with Crippen molar-refractivity contribution in [1.82, 2.24) is 0 Å². The molecule has 0 aliphatic rings. The summed E-state index contributed by atoms with van der Waals surface area (Å²) in [5.74, 6) is -1.01. The van der Waals surface area contributed by atoms with Crippen molar-refractivity contribution in [1.29, 1.82) is 0 Å². The molecule has 6 nitrogen and oxygen atoms in total. The molecular formula is C55H92O6. The maximum atomic E-state index is 12.7. The normalized spacial score (nSPS) is 12.8. The van der Waals surface area contributed by atoms with Gasteiger partial charge in [0.2, 0.25) is 0 Å². The molecule has 0 radical (unpaired) electrons. The van der Waals surface area contributed by atoms with Crippen molar-refractivity contribution in [3.05, 3.63) is 85.1 Å². The average Bonchev–Trinajstić information content (AvgIpc) is 3.26. The number of hydrogen-bond donors (Lipinski definition) is 0. The fourth-order valence-corrected chi connectivity index (χ4v) is 6.64. The van der Waals surface area contributed by atoms with Crippen LogP contribution in [0.4, 0.5) is 0 Å². The second kappa shape index (κ2) is 49.2. The third-order valence-electron chi connectivity index (χ3n) is 10.4. The molecule has 0 heterocycles. The SMILES string of the molecule is CC/C=C\C/C=C\C/C=C\C/C=C\C/C=C\CCCCCC(=O)OCC(COC(=O)CCCCCCCCCCCCC)OC(=O)CC/C=C\C/C=C\CCCCCCCC. The molecular weight excluding hydrogens is 757 g/mol. The van der Waals surface area contributed by atoms with E-state index in [1.54, 1.807) is 0 Å². The fraction of sp³-hybridized carbons (Fsp3) is 0.691. The predicted octanol–water partition coefficient (Wildman–Crippen LogP) is 16.4. The Morgan fingerprint density at radius 2 is 0.672 bits per heavy atom. The summed E-state index contributed by atoms with van der Waals surface area (Å²) in [6, 6.07) is 0. The summed E-state index contributed by atoms with van der Waals surface area (Å²) in [5, 5.41) is 0. The van der Waals surface area contributed by atoms with Gasteiger partial charge in [-0.2, -0.15) is 0 Å². The lowest BCUT2D eigenvalue weighted by atomic mass is 10.1. The second-order valence-electron chi connectivity index (χ2n) is 16.3. The molecule has 1 atom stereocenters. The van der Waals surface area contributed by atoms with Crippen LogP contribution >= 0.6 is 0 Å². The van der Waals surface area contributed by atoms with Crippen LogP contribution in [0.15, 0.2) is 85.1 Å². The Labute approximate surface area is 375 Å². The minimum absolute atomic E-state index is 0.109. The summed E-state index contributed by atoms with van der Waals surface area (Å²) in [6.07, 6.45) is 62.9. The Morgan fingerprint density at radius 1 is 0.344 bits per heavy atom. The van der Waals surface area contributed by atoms with Gasteiger partial charge in [-0.15, -0.1) is 0 Å². The van der Waals surface area contributed by atoms with Crippen LogP contribution in [0.25, 0.3) is 0 Å². The molecule has 61 heavy (non-hydrogen) atoms.